The summed E-state index contributed by atoms with van der Waals surface area (Å²) < 4.78 is 57.8. The molecule has 3 nitrogen and oxygen atoms in total. The van der Waals surface area contributed by atoms with Gasteiger partial charge in [0.15, 0.2) is 23.2 Å². The van der Waals surface area contributed by atoms with Crippen LogP contribution in [0, 0.1) is 23.3 Å². The number of carbonyl (C=O) groups is 1. The first-order chi connectivity index (χ1) is 8.81. The van der Waals surface area contributed by atoms with E-state index in [0.717, 1.165) is 6.92 Å². The van der Waals surface area contributed by atoms with Crippen LogP contribution in [0.5, 0.6) is 5.75 Å². The van der Waals surface area contributed by atoms with Crippen LogP contribution in [-0.2, 0) is 4.79 Å². The van der Waals surface area contributed by atoms with E-state index in [-0.39, 0.29) is 0 Å². The van der Waals surface area contributed by atoms with Crippen LogP contribution < -0.4 is 4.74 Å². The minimum absolute atomic E-state index is 0.613. The molecule has 0 saturated carbocycles. The lowest BCUT2D eigenvalue weighted by atomic mass is 10.1. The Balaban J connectivity index is 3.16. The smallest absolute Gasteiger partial charge is 0.204 e. The van der Waals surface area contributed by atoms with Gasteiger partial charge in [-0.2, -0.15) is 8.78 Å². The molecule has 1 aromatic carbocycles. The zero-order chi connectivity index (χ0) is 14.7. The third-order valence-electron chi connectivity index (χ3n) is 2.29. The molecule has 1 aromatic rings. The van der Waals surface area contributed by atoms with E-state index in [0.29, 0.717) is 6.08 Å². The van der Waals surface area contributed by atoms with Crippen molar-refractivity contribution in [2.75, 3.05) is 6.61 Å². The number of carbonyl (C=O) groups excluding carboxylic acids is 1. The second kappa shape index (κ2) is 5.83. The molecule has 1 atom stereocenters. The molecule has 19 heavy (non-hydrogen) atoms. The summed E-state index contributed by atoms with van der Waals surface area (Å²) in [6.07, 6.45) is -0.810. The van der Waals surface area contributed by atoms with Gasteiger partial charge in [-0.1, -0.05) is 12.7 Å². The van der Waals surface area contributed by atoms with Gasteiger partial charge in [-0.3, -0.25) is 4.79 Å². The first kappa shape index (κ1) is 15.2. The average molecular weight is 278 g/mol. The maximum Gasteiger partial charge on any atom is 0.204 e. The molecule has 1 rings (SSSR count). The van der Waals surface area contributed by atoms with Gasteiger partial charge in [-0.15, -0.1) is 0 Å². The maximum atomic E-state index is 13.4. The molecule has 0 spiro atoms. The standard InChI is InChI=1S/C12H10F4O3/c1-3-6-8(13)10(15)12(11(16)9(6)14)19-4-7(18)5(2)17/h3,5,17H,1,4H2,2H3. The third kappa shape index (κ3) is 2.93. The van der Waals surface area contributed by atoms with Crippen molar-refractivity contribution in [2.45, 2.75) is 13.0 Å². The number of Topliss-reactive ketones (excluding diaryl/α,β-unsaturated/α-hetero) is 1. The molecule has 0 amide bonds. The van der Waals surface area contributed by atoms with Crippen LogP contribution in [0.1, 0.15) is 12.5 Å². The summed E-state index contributed by atoms with van der Waals surface area (Å²) in [4.78, 5) is 11.0. The largest absolute Gasteiger partial charge is 0.479 e. The van der Waals surface area contributed by atoms with Crippen molar-refractivity contribution in [3.05, 3.63) is 35.4 Å². The van der Waals surface area contributed by atoms with E-state index in [2.05, 4.69) is 11.3 Å². The Morgan fingerprint density at radius 2 is 1.74 bits per heavy atom. The molecule has 0 saturated heterocycles. The van der Waals surface area contributed by atoms with Gasteiger partial charge in [0.25, 0.3) is 0 Å². The van der Waals surface area contributed by atoms with Crippen LogP contribution in [0.3, 0.4) is 0 Å². The van der Waals surface area contributed by atoms with Gasteiger partial charge in [0.05, 0.1) is 5.56 Å². The molecule has 1 N–H and O–H groups in total. The molecule has 0 aromatic heterocycles. The molecule has 0 radical (unpaired) electrons. The number of hydrogen-bond acceptors (Lipinski definition) is 3. The van der Waals surface area contributed by atoms with Crippen molar-refractivity contribution in [3.8, 4) is 5.75 Å². The van der Waals surface area contributed by atoms with Gasteiger partial charge in [0, 0.05) is 0 Å². The summed E-state index contributed by atoms with van der Waals surface area (Å²) in [6.45, 7) is 3.21. The first-order valence-electron chi connectivity index (χ1n) is 5.13. The van der Waals surface area contributed by atoms with Crippen LogP contribution in [0.2, 0.25) is 0 Å². The van der Waals surface area contributed by atoms with Gasteiger partial charge < -0.3 is 9.84 Å². The van der Waals surface area contributed by atoms with Crippen molar-refractivity contribution in [1.82, 2.24) is 0 Å². The minimum atomic E-state index is -1.77. The number of benzene rings is 1. The minimum Gasteiger partial charge on any atom is -0.479 e. The Kier molecular flexibility index (Phi) is 4.66. The van der Waals surface area contributed by atoms with Crippen LogP contribution in [0.4, 0.5) is 17.6 Å². The number of ether oxygens (including phenoxy) is 1. The summed E-state index contributed by atoms with van der Waals surface area (Å²) in [5, 5.41) is 8.85. The topological polar surface area (TPSA) is 46.5 Å². The van der Waals surface area contributed by atoms with Crippen molar-refractivity contribution >= 4 is 11.9 Å². The summed E-state index contributed by atoms with van der Waals surface area (Å²) in [7, 11) is 0. The van der Waals surface area contributed by atoms with E-state index in [9.17, 15) is 22.4 Å². The maximum absolute atomic E-state index is 13.4. The molecule has 0 aliphatic carbocycles. The van der Waals surface area contributed by atoms with Crippen LogP contribution >= 0.6 is 0 Å². The van der Waals surface area contributed by atoms with Gasteiger partial charge in [0.1, 0.15) is 12.7 Å². The van der Waals surface area contributed by atoms with Gasteiger partial charge in [-0.25, -0.2) is 8.78 Å². The van der Waals surface area contributed by atoms with E-state index in [1.54, 1.807) is 0 Å². The molecule has 0 bridgehead atoms. The van der Waals surface area contributed by atoms with Gasteiger partial charge >= 0.3 is 0 Å². The summed E-state index contributed by atoms with van der Waals surface area (Å²) in [6, 6.07) is 0. The SMILES string of the molecule is C=Cc1c(F)c(F)c(OCC(=O)C(C)O)c(F)c1F. The lowest BCUT2D eigenvalue weighted by Crippen LogP contribution is -2.24. The predicted molar refractivity (Wildman–Crippen MR) is 58.5 cm³/mol. The van der Waals surface area contributed by atoms with Crippen molar-refractivity contribution in [2.24, 2.45) is 0 Å². The highest BCUT2D eigenvalue weighted by molar-refractivity contribution is 5.83. The monoisotopic (exact) mass is 278 g/mol. The zero-order valence-electron chi connectivity index (χ0n) is 9.84. The number of halogens is 4. The average Bonchev–Trinajstić information content (AvgIpc) is 2.36. The first-order valence-corrected chi connectivity index (χ1v) is 5.13. The van der Waals surface area contributed by atoms with Crippen LogP contribution in [0.25, 0.3) is 6.08 Å². The van der Waals surface area contributed by atoms with Crippen LogP contribution in [-0.4, -0.2) is 23.6 Å². The Morgan fingerprint density at radius 1 is 1.26 bits per heavy atom. The molecular formula is C12H10F4O3. The Labute approximate surface area is 106 Å². The number of aliphatic hydroxyl groups is 1. The Bertz CT molecular complexity index is 497. The molecular weight excluding hydrogens is 268 g/mol. The molecule has 7 heteroatoms. The molecule has 1 unspecified atom stereocenters. The van der Waals surface area contributed by atoms with Crippen molar-refractivity contribution in [3.63, 3.8) is 0 Å². The fourth-order valence-corrected chi connectivity index (χ4v) is 1.20. The number of rotatable bonds is 5. The number of ketones is 1. The molecule has 0 fully saturated rings. The van der Waals surface area contributed by atoms with E-state index < -0.39 is 53.1 Å². The molecule has 0 aliphatic rings. The normalized spacial score (nSPS) is 12.1. The van der Waals surface area contributed by atoms with Crippen LogP contribution in [0.15, 0.2) is 6.58 Å². The second-order valence-electron chi connectivity index (χ2n) is 3.63. The fourth-order valence-electron chi connectivity index (χ4n) is 1.20. The fraction of sp³-hybridized carbons (Fsp3) is 0.250. The lowest BCUT2D eigenvalue weighted by molar-refractivity contribution is -0.128. The van der Waals surface area contributed by atoms with E-state index in [4.69, 9.17) is 5.11 Å². The van der Waals surface area contributed by atoms with E-state index in [1.807, 2.05) is 0 Å². The number of hydrogen-bond donors (Lipinski definition) is 1. The molecule has 0 heterocycles. The highest BCUT2D eigenvalue weighted by atomic mass is 19.2. The zero-order valence-corrected chi connectivity index (χ0v) is 9.84. The Hall–Kier alpha value is -1.89. The third-order valence-corrected chi connectivity index (χ3v) is 2.29. The predicted octanol–water partition coefficient (Wildman–Crippen LogP) is 2.21. The second-order valence-corrected chi connectivity index (χ2v) is 3.63. The lowest BCUT2D eigenvalue weighted by Gasteiger charge is -2.11. The Morgan fingerprint density at radius 3 is 2.11 bits per heavy atom. The highest BCUT2D eigenvalue weighted by Gasteiger charge is 2.26. The van der Waals surface area contributed by atoms with Gasteiger partial charge in [-0.05, 0) is 6.92 Å². The molecule has 104 valence electrons. The van der Waals surface area contributed by atoms with E-state index in [1.165, 1.54) is 0 Å². The van der Waals surface area contributed by atoms with Crippen molar-refractivity contribution in [1.29, 1.82) is 0 Å². The summed E-state index contributed by atoms with van der Waals surface area (Å²) >= 11 is 0. The quantitative estimate of drug-likeness (QED) is 0.663. The summed E-state index contributed by atoms with van der Waals surface area (Å²) in [5.41, 5.74) is -0.968. The number of aliphatic hydroxyl groups excluding tert-OH is 1. The highest BCUT2D eigenvalue weighted by Crippen LogP contribution is 2.30. The molecule has 0 aliphatic heterocycles. The van der Waals surface area contributed by atoms with Crippen molar-refractivity contribution < 1.29 is 32.2 Å². The van der Waals surface area contributed by atoms with E-state index >= 15 is 0 Å². The summed E-state index contributed by atoms with van der Waals surface area (Å²) in [5.74, 6) is -9.14. The van der Waals surface area contributed by atoms with Gasteiger partial charge in [0.2, 0.25) is 11.6 Å².